The molecule has 0 heterocycles. The maximum absolute atomic E-state index is 11.3. The molecule has 0 aliphatic heterocycles. The van der Waals surface area contributed by atoms with Crippen LogP contribution < -0.4 is 0 Å². The highest BCUT2D eigenvalue weighted by Crippen LogP contribution is 2.42. The maximum atomic E-state index is 11.3. The van der Waals surface area contributed by atoms with Gasteiger partial charge in [0.15, 0.2) is 0 Å². The summed E-state index contributed by atoms with van der Waals surface area (Å²) in [5.74, 6) is 1.17. The molecule has 0 spiro atoms. The number of ether oxygens (including phenoxy) is 1. The number of hydrogen-bond acceptors (Lipinski definition) is 5. The molecule has 0 aliphatic carbocycles. The first-order chi connectivity index (χ1) is 16.3. The zero-order valence-electron chi connectivity index (χ0n) is 22.2. The third-order valence-corrected chi connectivity index (χ3v) is 8.71. The van der Waals surface area contributed by atoms with E-state index in [1.165, 1.54) is 102 Å². The van der Waals surface area contributed by atoms with Crippen LogP contribution in [0.5, 0.6) is 0 Å². The fourth-order valence-electron chi connectivity index (χ4n) is 3.91. The molecule has 3 unspecified atom stereocenters. The molecule has 2 N–H and O–H groups in total. The summed E-state index contributed by atoms with van der Waals surface area (Å²) in [5.41, 5.74) is -1.81. The van der Waals surface area contributed by atoms with Crippen molar-refractivity contribution in [2.24, 2.45) is 0 Å². The lowest BCUT2D eigenvalue weighted by Gasteiger charge is -2.24. The minimum absolute atomic E-state index is 0.0966. The summed E-state index contributed by atoms with van der Waals surface area (Å²) in [6.07, 6.45) is 21.4. The SMILES string of the molecule is CCCCCCCCCCSC(CCCCCCCCC)C(C)OCCCOP(=O)(O)C(=O)O. The smallest absolute Gasteiger partial charge is 0.435 e. The molecule has 6 nitrogen and oxygen atoms in total. The van der Waals surface area contributed by atoms with Crippen LogP contribution in [0.15, 0.2) is 0 Å². The van der Waals surface area contributed by atoms with E-state index in [9.17, 15) is 14.3 Å². The van der Waals surface area contributed by atoms with Crippen molar-refractivity contribution in [2.75, 3.05) is 19.0 Å². The van der Waals surface area contributed by atoms with Crippen molar-refractivity contribution in [3.8, 4) is 0 Å². The summed E-state index contributed by atoms with van der Waals surface area (Å²) in [4.78, 5) is 19.8. The van der Waals surface area contributed by atoms with E-state index in [1.54, 1.807) is 0 Å². The van der Waals surface area contributed by atoms with Gasteiger partial charge in [-0.05, 0) is 31.9 Å². The van der Waals surface area contributed by atoms with Crippen LogP contribution >= 0.6 is 19.4 Å². The third-order valence-electron chi connectivity index (χ3n) is 6.12. The second-order valence-corrected chi connectivity index (χ2v) is 12.4. The van der Waals surface area contributed by atoms with Crippen LogP contribution in [0, 0.1) is 0 Å². The first-order valence-electron chi connectivity index (χ1n) is 13.8. The third kappa shape index (κ3) is 20.2. The highest BCUT2D eigenvalue weighted by Gasteiger charge is 2.29. The van der Waals surface area contributed by atoms with Gasteiger partial charge in [-0.15, -0.1) is 0 Å². The van der Waals surface area contributed by atoms with Crippen LogP contribution in [0.1, 0.15) is 130 Å². The van der Waals surface area contributed by atoms with Gasteiger partial charge in [0.1, 0.15) is 0 Å². The second kappa shape index (κ2) is 23.3. The Labute approximate surface area is 213 Å². The molecule has 0 saturated heterocycles. The van der Waals surface area contributed by atoms with Crippen LogP contribution in [-0.2, 0) is 13.8 Å². The van der Waals surface area contributed by atoms with Gasteiger partial charge >= 0.3 is 13.3 Å². The monoisotopic (exact) mass is 524 g/mol. The zero-order chi connectivity index (χ0) is 25.5. The van der Waals surface area contributed by atoms with E-state index < -0.39 is 13.3 Å². The van der Waals surface area contributed by atoms with Gasteiger partial charge in [0.2, 0.25) is 0 Å². The summed E-state index contributed by atoms with van der Waals surface area (Å²) >= 11 is 2.03. The van der Waals surface area contributed by atoms with Crippen LogP contribution in [0.25, 0.3) is 0 Å². The summed E-state index contributed by atoms with van der Waals surface area (Å²) in [7, 11) is -4.55. The van der Waals surface area contributed by atoms with Crippen molar-refractivity contribution >= 4 is 25.1 Å². The Kier molecular flexibility index (Phi) is 23.3. The average Bonchev–Trinajstić information content (AvgIpc) is 2.80. The molecule has 0 rings (SSSR count). The number of carboxylic acid groups (broad SMARTS) is 1. The lowest BCUT2D eigenvalue weighted by molar-refractivity contribution is 0.0537. The van der Waals surface area contributed by atoms with Crippen molar-refractivity contribution in [3.63, 3.8) is 0 Å². The van der Waals surface area contributed by atoms with Crippen LogP contribution in [-0.4, -0.2) is 46.0 Å². The molecule has 3 atom stereocenters. The highest BCUT2D eigenvalue weighted by atomic mass is 32.2. The van der Waals surface area contributed by atoms with E-state index in [0.29, 0.717) is 18.3 Å². The predicted molar refractivity (Wildman–Crippen MR) is 145 cm³/mol. The Bertz CT molecular complexity index is 520. The van der Waals surface area contributed by atoms with Crippen molar-refractivity contribution < 1.29 is 28.6 Å². The van der Waals surface area contributed by atoms with Gasteiger partial charge in [-0.1, -0.05) is 104 Å². The molecule has 0 aromatic carbocycles. The van der Waals surface area contributed by atoms with Crippen molar-refractivity contribution in [3.05, 3.63) is 0 Å². The molecule has 0 aliphatic rings. The molecule has 0 aromatic heterocycles. The largest absolute Gasteiger partial charge is 0.472 e. The fraction of sp³-hybridized carbons (Fsp3) is 0.962. The van der Waals surface area contributed by atoms with Crippen molar-refractivity contribution in [2.45, 2.75) is 141 Å². The molecule has 0 fully saturated rings. The molecule has 34 heavy (non-hydrogen) atoms. The highest BCUT2D eigenvalue weighted by molar-refractivity contribution is 7.99. The van der Waals surface area contributed by atoms with E-state index >= 15 is 0 Å². The normalized spacial score (nSPS) is 15.2. The minimum atomic E-state index is -4.55. The molecule has 0 radical (unpaired) electrons. The second-order valence-electron chi connectivity index (χ2n) is 9.36. The van der Waals surface area contributed by atoms with E-state index in [-0.39, 0.29) is 12.7 Å². The average molecular weight is 525 g/mol. The van der Waals surface area contributed by atoms with E-state index in [0.717, 1.165) is 6.42 Å². The van der Waals surface area contributed by atoms with Gasteiger partial charge in [0.25, 0.3) is 0 Å². The molecule has 0 aromatic rings. The van der Waals surface area contributed by atoms with Gasteiger partial charge in [-0.3, -0.25) is 0 Å². The number of carbonyl (C=O) groups is 1. The Morgan fingerprint density at radius 2 is 1.29 bits per heavy atom. The summed E-state index contributed by atoms with van der Waals surface area (Å²) in [5, 5.41) is 9.08. The zero-order valence-corrected chi connectivity index (χ0v) is 23.9. The van der Waals surface area contributed by atoms with E-state index in [2.05, 4.69) is 25.3 Å². The quantitative estimate of drug-likeness (QED) is 0.0861. The Balaban J connectivity index is 4.21. The van der Waals surface area contributed by atoms with Gasteiger partial charge in [-0.25, -0.2) is 9.36 Å². The molecule has 0 amide bonds. The fourth-order valence-corrected chi connectivity index (χ4v) is 5.75. The number of unbranched alkanes of at least 4 members (excludes halogenated alkanes) is 13. The van der Waals surface area contributed by atoms with Crippen LogP contribution in [0.4, 0.5) is 4.79 Å². The molecular formula is C26H53O6PS. The maximum Gasteiger partial charge on any atom is 0.435 e. The first-order valence-corrected chi connectivity index (χ1v) is 16.4. The topological polar surface area (TPSA) is 93.1 Å². The standard InChI is InChI=1S/C26H53O6PS/c1-4-6-8-10-12-14-16-18-23-34-25(20-17-15-13-11-9-7-5-2)24(3)31-21-19-22-32-33(29,30)26(27)28/h24-25H,4-23H2,1-3H3,(H,27,28)(H,29,30). The van der Waals surface area contributed by atoms with Crippen molar-refractivity contribution in [1.29, 1.82) is 0 Å². The summed E-state index contributed by atoms with van der Waals surface area (Å²) in [6.45, 7) is 6.91. The Morgan fingerprint density at radius 3 is 1.82 bits per heavy atom. The lowest BCUT2D eigenvalue weighted by Crippen LogP contribution is -2.25. The molecule has 0 bridgehead atoms. The Morgan fingerprint density at radius 1 is 0.794 bits per heavy atom. The number of rotatable bonds is 26. The van der Waals surface area contributed by atoms with Crippen LogP contribution in [0.3, 0.4) is 0 Å². The molecular weight excluding hydrogens is 471 g/mol. The Hall–Kier alpha value is -0.0700. The minimum Gasteiger partial charge on any atom is -0.472 e. The molecule has 0 saturated carbocycles. The first kappa shape index (κ1) is 33.9. The van der Waals surface area contributed by atoms with Gasteiger partial charge in [0, 0.05) is 11.9 Å². The van der Waals surface area contributed by atoms with Gasteiger partial charge in [-0.2, -0.15) is 11.8 Å². The van der Waals surface area contributed by atoms with E-state index in [1.807, 2.05) is 11.8 Å². The summed E-state index contributed by atoms with van der Waals surface area (Å²) < 4.78 is 21.9. The van der Waals surface area contributed by atoms with Gasteiger partial charge < -0.3 is 19.3 Å². The molecule has 204 valence electrons. The predicted octanol–water partition coefficient (Wildman–Crippen LogP) is 9.04. The summed E-state index contributed by atoms with van der Waals surface area (Å²) in [6, 6.07) is 0. The molecule has 8 heteroatoms. The lowest BCUT2D eigenvalue weighted by atomic mass is 10.1. The van der Waals surface area contributed by atoms with E-state index in [4.69, 9.17) is 9.84 Å². The van der Waals surface area contributed by atoms with Gasteiger partial charge in [0.05, 0.1) is 12.7 Å². The van der Waals surface area contributed by atoms with Crippen molar-refractivity contribution in [1.82, 2.24) is 0 Å². The van der Waals surface area contributed by atoms with Crippen LogP contribution in [0.2, 0.25) is 0 Å². The number of thioether (sulfide) groups is 1. The number of hydrogen-bond donors (Lipinski definition) is 2.